The molecule has 0 atom stereocenters. The number of nitrogens with zero attached hydrogens (tertiary/aromatic N) is 2. The van der Waals surface area contributed by atoms with Crippen molar-refractivity contribution in [3.63, 3.8) is 0 Å². The van der Waals surface area contributed by atoms with Gasteiger partial charge in [-0.3, -0.25) is 19.3 Å². The number of carbonyl (C=O) groups is 3. The second-order valence-electron chi connectivity index (χ2n) is 7.24. The first-order chi connectivity index (χ1) is 14.7. The zero-order valence-corrected chi connectivity index (χ0v) is 17.6. The molecule has 9 heteroatoms. The van der Waals surface area contributed by atoms with Crippen LogP contribution in [0.25, 0.3) is 17.0 Å². The number of aromatic nitrogens is 1. The van der Waals surface area contributed by atoms with Gasteiger partial charge in [0.2, 0.25) is 11.8 Å². The molecule has 3 amide bonds. The Balaban J connectivity index is 1.91. The Morgan fingerprint density at radius 3 is 2.48 bits per heavy atom. The molecule has 1 aromatic heterocycles. The minimum absolute atomic E-state index is 0.0934. The van der Waals surface area contributed by atoms with Crippen LogP contribution >= 0.6 is 0 Å². The lowest BCUT2D eigenvalue weighted by molar-refractivity contribution is -0.147. The third kappa shape index (κ3) is 3.64. The molecular weight excluding hydrogens is 418 g/mol. The Morgan fingerprint density at radius 1 is 1.10 bits per heavy atom. The quantitative estimate of drug-likeness (QED) is 0.631. The zero-order valence-electron chi connectivity index (χ0n) is 16.8. The maximum atomic E-state index is 13.2. The van der Waals surface area contributed by atoms with Crippen molar-refractivity contribution in [3.05, 3.63) is 71.6 Å². The highest BCUT2D eigenvalue weighted by atomic mass is 32.2. The summed E-state index contributed by atoms with van der Waals surface area (Å²) in [5.41, 5.74) is 1.65. The highest BCUT2D eigenvalue weighted by Gasteiger charge is 2.31. The van der Waals surface area contributed by atoms with Gasteiger partial charge in [0.25, 0.3) is 15.9 Å². The molecule has 1 N–H and O–H groups in total. The number of piperazine rings is 1. The van der Waals surface area contributed by atoms with E-state index in [1.165, 1.54) is 31.3 Å². The van der Waals surface area contributed by atoms with Gasteiger partial charge in [0, 0.05) is 24.1 Å². The fourth-order valence-electron chi connectivity index (χ4n) is 3.47. The van der Waals surface area contributed by atoms with E-state index < -0.39 is 27.7 Å². The second kappa shape index (κ2) is 7.51. The number of hydrogen-bond donors (Lipinski definition) is 1. The first-order valence-corrected chi connectivity index (χ1v) is 10.9. The van der Waals surface area contributed by atoms with E-state index in [-0.39, 0.29) is 17.1 Å². The molecule has 1 aliphatic heterocycles. The van der Waals surface area contributed by atoms with Gasteiger partial charge in [-0.2, -0.15) is 0 Å². The van der Waals surface area contributed by atoms with Crippen LogP contribution in [0, 0.1) is 6.92 Å². The van der Waals surface area contributed by atoms with E-state index in [0.29, 0.717) is 16.5 Å². The number of carbonyl (C=O) groups excluding carboxylic acids is 3. The maximum absolute atomic E-state index is 13.2. The minimum Gasteiger partial charge on any atom is -0.320 e. The molecule has 2 aromatic carbocycles. The van der Waals surface area contributed by atoms with Crippen LogP contribution in [-0.2, 0) is 24.4 Å². The van der Waals surface area contributed by atoms with Crippen LogP contribution < -0.4 is 5.32 Å². The second-order valence-corrected chi connectivity index (χ2v) is 9.05. The summed E-state index contributed by atoms with van der Waals surface area (Å²) in [7, 11) is -3.90. The molecule has 0 unspecified atom stereocenters. The van der Waals surface area contributed by atoms with Crippen molar-refractivity contribution in [2.45, 2.75) is 18.7 Å². The predicted octanol–water partition coefficient (Wildman–Crippen LogP) is 2.03. The first kappa shape index (κ1) is 20.5. The number of benzene rings is 2. The van der Waals surface area contributed by atoms with Crippen molar-refractivity contribution in [3.8, 4) is 0 Å². The van der Waals surface area contributed by atoms with Crippen LogP contribution in [-0.4, -0.2) is 41.6 Å². The molecule has 3 aromatic rings. The molecule has 0 spiro atoms. The van der Waals surface area contributed by atoms with E-state index in [1.807, 2.05) is 6.92 Å². The monoisotopic (exact) mass is 437 g/mol. The van der Waals surface area contributed by atoms with Gasteiger partial charge in [-0.05, 0) is 37.3 Å². The van der Waals surface area contributed by atoms with Crippen molar-refractivity contribution >= 4 is 44.7 Å². The minimum atomic E-state index is -3.90. The maximum Gasteiger partial charge on any atom is 0.277 e. The highest BCUT2D eigenvalue weighted by molar-refractivity contribution is 7.90. The standard InChI is InChI=1S/C22H19N3O5S/c1-14-8-9-20-18(10-14)16(11-19-22(28)24(15(2)26)13-21(27)23-19)12-25(20)31(29,30)17-6-4-3-5-7-17/h3-12H,13H2,1-2H3,(H,23,27)/b19-11-. The number of hydrogen-bond acceptors (Lipinski definition) is 5. The summed E-state index contributed by atoms with van der Waals surface area (Å²) in [4.78, 5) is 37.3. The van der Waals surface area contributed by atoms with Gasteiger partial charge in [-0.25, -0.2) is 12.4 Å². The van der Waals surface area contributed by atoms with E-state index >= 15 is 0 Å². The van der Waals surface area contributed by atoms with Crippen LogP contribution in [0.5, 0.6) is 0 Å². The van der Waals surface area contributed by atoms with Crippen LogP contribution in [0.4, 0.5) is 0 Å². The van der Waals surface area contributed by atoms with Gasteiger partial charge >= 0.3 is 0 Å². The molecule has 8 nitrogen and oxygen atoms in total. The molecule has 1 fully saturated rings. The van der Waals surface area contributed by atoms with E-state index in [4.69, 9.17) is 0 Å². The van der Waals surface area contributed by atoms with Gasteiger partial charge in [-0.1, -0.05) is 29.8 Å². The number of nitrogens with one attached hydrogen (secondary N) is 1. The summed E-state index contributed by atoms with van der Waals surface area (Å²) < 4.78 is 27.7. The average molecular weight is 437 g/mol. The number of imide groups is 1. The lowest BCUT2D eigenvalue weighted by atomic mass is 10.1. The summed E-state index contributed by atoms with van der Waals surface area (Å²) in [6.07, 6.45) is 2.81. The van der Waals surface area contributed by atoms with Gasteiger partial charge in [-0.15, -0.1) is 0 Å². The summed E-state index contributed by atoms with van der Waals surface area (Å²) in [6, 6.07) is 13.3. The largest absolute Gasteiger partial charge is 0.320 e. The number of aryl methyl sites for hydroxylation is 1. The highest BCUT2D eigenvalue weighted by Crippen LogP contribution is 2.29. The van der Waals surface area contributed by atoms with Gasteiger partial charge < -0.3 is 5.32 Å². The van der Waals surface area contributed by atoms with Crippen LogP contribution in [0.15, 0.2) is 65.3 Å². The van der Waals surface area contributed by atoms with Crippen molar-refractivity contribution in [1.29, 1.82) is 0 Å². The molecule has 158 valence electrons. The van der Waals surface area contributed by atoms with E-state index in [0.717, 1.165) is 14.4 Å². The fourth-order valence-corrected chi connectivity index (χ4v) is 4.87. The van der Waals surface area contributed by atoms with Crippen molar-refractivity contribution in [2.75, 3.05) is 6.54 Å². The molecule has 0 aliphatic carbocycles. The normalized spacial score (nSPS) is 16.1. The summed E-state index contributed by atoms with van der Waals surface area (Å²) in [6.45, 7) is 2.72. The molecule has 31 heavy (non-hydrogen) atoms. The van der Waals surface area contributed by atoms with Crippen LogP contribution in [0.3, 0.4) is 0 Å². The Kier molecular flexibility index (Phi) is 4.98. The average Bonchev–Trinajstić information content (AvgIpc) is 3.09. The molecule has 4 rings (SSSR count). The van der Waals surface area contributed by atoms with E-state index in [1.54, 1.807) is 36.4 Å². The molecule has 0 radical (unpaired) electrons. The predicted molar refractivity (Wildman–Crippen MR) is 114 cm³/mol. The number of amides is 3. The molecular formula is C22H19N3O5S. The van der Waals surface area contributed by atoms with E-state index in [9.17, 15) is 22.8 Å². The Hall–Kier alpha value is -3.72. The van der Waals surface area contributed by atoms with Crippen LogP contribution in [0.2, 0.25) is 0 Å². The molecule has 1 aliphatic rings. The van der Waals surface area contributed by atoms with Crippen molar-refractivity contribution in [1.82, 2.24) is 14.2 Å². The third-order valence-electron chi connectivity index (χ3n) is 4.99. The zero-order chi connectivity index (χ0) is 22.3. The SMILES string of the molecule is CC(=O)N1CC(=O)N/C(=C\c2cn(S(=O)(=O)c3ccccc3)c3ccc(C)cc23)C1=O. The third-order valence-corrected chi connectivity index (χ3v) is 6.68. The summed E-state index contributed by atoms with van der Waals surface area (Å²) in [5.74, 6) is -1.69. The Labute approximate surface area is 178 Å². The molecule has 0 saturated carbocycles. The van der Waals surface area contributed by atoms with Crippen molar-refractivity contribution in [2.24, 2.45) is 0 Å². The summed E-state index contributed by atoms with van der Waals surface area (Å²) in [5, 5.41) is 3.07. The molecule has 2 heterocycles. The Bertz CT molecular complexity index is 1370. The van der Waals surface area contributed by atoms with Gasteiger partial charge in [0.15, 0.2) is 0 Å². The van der Waals surface area contributed by atoms with Gasteiger partial charge in [0.05, 0.1) is 10.4 Å². The van der Waals surface area contributed by atoms with Crippen molar-refractivity contribution < 1.29 is 22.8 Å². The van der Waals surface area contributed by atoms with Gasteiger partial charge in [0.1, 0.15) is 12.2 Å². The molecule has 1 saturated heterocycles. The number of fused-ring (bicyclic) bond motifs is 1. The lowest BCUT2D eigenvalue weighted by Gasteiger charge is -2.25. The Morgan fingerprint density at radius 2 is 1.81 bits per heavy atom. The van der Waals surface area contributed by atoms with Crippen LogP contribution in [0.1, 0.15) is 18.1 Å². The summed E-state index contributed by atoms with van der Waals surface area (Å²) >= 11 is 0. The topological polar surface area (TPSA) is 106 Å². The lowest BCUT2D eigenvalue weighted by Crippen LogP contribution is -2.51. The first-order valence-electron chi connectivity index (χ1n) is 9.45. The molecule has 0 bridgehead atoms. The number of rotatable bonds is 3. The fraction of sp³-hybridized carbons (Fsp3) is 0.136. The smallest absolute Gasteiger partial charge is 0.277 e. The van der Waals surface area contributed by atoms with E-state index in [2.05, 4.69) is 5.32 Å².